The third kappa shape index (κ3) is 2.71. The van der Waals surface area contributed by atoms with Gasteiger partial charge in [-0.05, 0) is 25.5 Å². The molecule has 1 aliphatic carbocycles. The first-order valence-corrected chi connectivity index (χ1v) is 10.5. The smallest absolute Gasteiger partial charge is 0.179 e. The number of fused-ring (bicyclic) bond motifs is 3. The highest BCUT2D eigenvalue weighted by atomic mass is 32.2. The fraction of sp³-hybridized carbons (Fsp3) is 0.190. The molecule has 134 valence electrons. The number of hydrogen-bond donors (Lipinski definition) is 1. The number of thioether (sulfide) groups is 1. The average Bonchev–Trinajstić information content (AvgIpc) is 3.31. The highest BCUT2D eigenvalue weighted by Gasteiger charge is 2.44. The standard InChI is InChI=1S/C21H17N3OS2/c1-11-7-9-13(10-8-11)16-18-17(14-5-3-4-6-15(14)22-18)19(25)20(16)27-21-24-23-12(2)26-21/h3-10,16,20,22H,1-2H3/t16-,20+/m0/s1. The fourth-order valence-electron chi connectivity index (χ4n) is 3.78. The molecule has 6 heteroatoms. The van der Waals surface area contributed by atoms with E-state index >= 15 is 0 Å². The molecule has 4 nitrogen and oxygen atoms in total. The van der Waals surface area contributed by atoms with Crippen LogP contribution in [0.15, 0.2) is 52.9 Å². The summed E-state index contributed by atoms with van der Waals surface area (Å²) in [7, 11) is 0. The Morgan fingerprint density at radius 3 is 2.56 bits per heavy atom. The summed E-state index contributed by atoms with van der Waals surface area (Å²) in [5.41, 5.74) is 5.23. The normalized spacial score (nSPS) is 19.0. The minimum atomic E-state index is -0.231. The second kappa shape index (κ2) is 6.32. The van der Waals surface area contributed by atoms with Gasteiger partial charge < -0.3 is 4.98 Å². The molecular weight excluding hydrogens is 374 g/mol. The molecular formula is C21H17N3OS2. The van der Waals surface area contributed by atoms with E-state index in [2.05, 4.69) is 46.4 Å². The van der Waals surface area contributed by atoms with Gasteiger partial charge in [0, 0.05) is 28.1 Å². The average molecular weight is 392 g/mol. The quantitative estimate of drug-likeness (QED) is 0.526. The van der Waals surface area contributed by atoms with Crippen LogP contribution in [0.2, 0.25) is 0 Å². The number of rotatable bonds is 3. The zero-order chi connectivity index (χ0) is 18.5. The largest absolute Gasteiger partial charge is 0.357 e. The SMILES string of the molecule is Cc1ccc([C@H]2c3[nH]c4ccccc4c3C(=O)[C@@H]2Sc2nnc(C)s2)cc1. The summed E-state index contributed by atoms with van der Waals surface area (Å²) in [6.45, 7) is 4.01. The Labute approximate surface area is 165 Å². The van der Waals surface area contributed by atoms with Crippen LogP contribution in [0.1, 0.15) is 38.1 Å². The van der Waals surface area contributed by atoms with Crippen LogP contribution in [0.25, 0.3) is 10.9 Å². The number of aryl methyl sites for hydroxylation is 2. The Hall–Kier alpha value is -2.44. The second-order valence-corrected chi connectivity index (χ2v) is 9.41. The van der Waals surface area contributed by atoms with E-state index in [9.17, 15) is 4.79 Å². The molecule has 1 N–H and O–H groups in total. The van der Waals surface area contributed by atoms with Gasteiger partial charge in [-0.2, -0.15) is 0 Å². The van der Waals surface area contributed by atoms with E-state index in [1.165, 1.54) is 28.7 Å². The maximum atomic E-state index is 13.4. The van der Waals surface area contributed by atoms with Crippen molar-refractivity contribution < 1.29 is 4.79 Å². The molecule has 2 aromatic heterocycles. The van der Waals surface area contributed by atoms with E-state index in [0.29, 0.717) is 0 Å². The fourth-order valence-corrected chi connectivity index (χ4v) is 6.02. The summed E-state index contributed by atoms with van der Waals surface area (Å²) in [6, 6.07) is 16.5. The third-order valence-corrected chi connectivity index (χ3v) is 7.22. The maximum Gasteiger partial charge on any atom is 0.179 e. The van der Waals surface area contributed by atoms with Crippen molar-refractivity contribution in [3.8, 4) is 0 Å². The van der Waals surface area contributed by atoms with Gasteiger partial charge in [-0.25, -0.2) is 0 Å². The molecule has 4 aromatic rings. The highest BCUT2D eigenvalue weighted by molar-refractivity contribution is 8.02. The minimum absolute atomic E-state index is 0.0188. The predicted octanol–water partition coefficient (Wildman–Crippen LogP) is 5.13. The summed E-state index contributed by atoms with van der Waals surface area (Å²) in [5, 5.41) is 10.0. The maximum absolute atomic E-state index is 13.4. The van der Waals surface area contributed by atoms with Crippen LogP contribution < -0.4 is 0 Å². The van der Waals surface area contributed by atoms with Crippen LogP contribution in [0.4, 0.5) is 0 Å². The van der Waals surface area contributed by atoms with Crippen molar-refractivity contribution in [2.75, 3.05) is 0 Å². The molecule has 0 radical (unpaired) electrons. The van der Waals surface area contributed by atoms with E-state index < -0.39 is 0 Å². The number of aromatic amines is 1. The molecule has 0 unspecified atom stereocenters. The molecule has 1 aliphatic rings. The van der Waals surface area contributed by atoms with Gasteiger partial charge in [-0.1, -0.05) is 71.1 Å². The Kier molecular flexibility index (Phi) is 3.91. The second-order valence-electron chi connectivity index (χ2n) is 6.84. The first-order valence-electron chi connectivity index (χ1n) is 8.80. The van der Waals surface area contributed by atoms with Gasteiger partial charge in [-0.3, -0.25) is 4.79 Å². The molecule has 2 aromatic carbocycles. The zero-order valence-corrected chi connectivity index (χ0v) is 16.5. The van der Waals surface area contributed by atoms with E-state index in [0.717, 1.165) is 37.1 Å². The number of ketones is 1. The van der Waals surface area contributed by atoms with Crippen molar-refractivity contribution in [2.24, 2.45) is 0 Å². The summed E-state index contributed by atoms with van der Waals surface area (Å²) >= 11 is 3.07. The molecule has 0 fully saturated rings. The Morgan fingerprint density at radius 1 is 1.04 bits per heavy atom. The van der Waals surface area contributed by atoms with Crippen LogP contribution in [-0.2, 0) is 0 Å². The number of Topliss-reactive ketones (excluding diaryl/α,β-unsaturated/α-hetero) is 1. The summed E-state index contributed by atoms with van der Waals surface area (Å²) in [6.07, 6.45) is 0. The number of benzene rings is 2. The number of nitrogens with zero attached hydrogens (tertiary/aromatic N) is 2. The lowest BCUT2D eigenvalue weighted by molar-refractivity contribution is 0.0999. The van der Waals surface area contributed by atoms with Crippen molar-refractivity contribution >= 4 is 39.8 Å². The van der Waals surface area contributed by atoms with Gasteiger partial charge in [0.05, 0.1) is 5.25 Å². The molecule has 0 bridgehead atoms. The van der Waals surface area contributed by atoms with Gasteiger partial charge in [0.25, 0.3) is 0 Å². The first-order chi connectivity index (χ1) is 13.1. The van der Waals surface area contributed by atoms with Crippen LogP contribution in [0, 0.1) is 13.8 Å². The lowest BCUT2D eigenvalue weighted by atomic mass is 9.95. The Bertz CT molecular complexity index is 1160. The van der Waals surface area contributed by atoms with Crippen molar-refractivity contribution in [2.45, 2.75) is 29.4 Å². The van der Waals surface area contributed by atoms with Gasteiger partial charge >= 0.3 is 0 Å². The molecule has 5 rings (SSSR count). The van der Waals surface area contributed by atoms with Crippen LogP contribution >= 0.6 is 23.1 Å². The number of para-hydroxylation sites is 1. The predicted molar refractivity (Wildman–Crippen MR) is 110 cm³/mol. The molecule has 0 saturated carbocycles. The van der Waals surface area contributed by atoms with E-state index in [1.54, 1.807) is 0 Å². The van der Waals surface area contributed by atoms with Gasteiger partial charge in [0.2, 0.25) is 0 Å². The third-order valence-electron chi connectivity index (χ3n) is 5.03. The van der Waals surface area contributed by atoms with Gasteiger partial charge in [-0.15, -0.1) is 10.2 Å². The van der Waals surface area contributed by atoms with E-state index in [1.807, 2.05) is 31.2 Å². The monoisotopic (exact) mass is 391 g/mol. The molecule has 2 heterocycles. The van der Waals surface area contributed by atoms with Crippen molar-refractivity contribution in [3.05, 3.63) is 75.9 Å². The molecule has 2 atom stereocenters. The topological polar surface area (TPSA) is 58.6 Å². The summed E-state index contributed by atoms with van der Waals surface area (Å²) in [5.74, 6) is 0.153. The number of H-pyrrole nitrogens is 1. The molecule has 27 heavy (non-hydrogen) atoms. The number of hydrogen-bond acceptors (Lipinski definition) is 5. The van der Waals surface area contributed by atoms with Gasteiger partial charge in [0.1, 0.15) is 5.01 Å². The number of aromatic nitrogens is 3. The van der Waals surface area contributed by atoms with Crippen molar-refractivity contribution in [1.29, 1.82) is 0 Å². The number of carbonyl (C=O) groups is 1. The lowest BCUT2D eigenvalue weighted by Crippen LogP contribution is -2.18. The van der Waals surface area contributed by atoms with Gasteiger partial charge in [0.15, 0.2) is 10.1 Å². The molecule has 0 amide bonds. The number of nitrogens with one attached hydrogen (secondary N) is 1. The molecule has 0 aliphatic heterocycles. The van der Waals surface area contributed by atoms with Crippen LogP contribution in [0.5, 0.6) is 0 Å². The van der Waals surface area contributed by atoms with Crippen LogP contribution in [-0.4, -0.2) is 26.2 Å². The Morgan fingerprint density at radius 2 is 1.81 bits per heavy atom. The van der Waals surface area contributed by atoms with E-state index in [4.69, 9.17) is 0 Å². The zero-order valence-electron chi connectivity index (χ0n) is 14.9. The minimum Gasteiger partial charge on any atom is -0.357 e. The number of carbonyl (C=O) groups excluding carboxylic acids is 1. The summed E-state index contributed by atoms with van der Waals surface area (Å²) < 4.78 is 0.845. The molecule has 0 saturated heterocycles. The first kappa shape index (κ1) is 16.7. The van der Waals surface area contributed by atoms with Crippen LogP contribution in [0.3, 0.4) is 0 Å². The Balaban J connectivity index is 1.66. The van der Waals surface area contributed by atoms with Crippen molar-refractivity contribution in [1.82, 2.24) is 15.2 Å². The highest BCUT2D eigenvalue weighted by Crippen LogP contribution is 2.48. The lowest BCUT2D eigenvalue weighted by Gasteiger charge is -2.18. The summed E-state index contributed by atoms with van der Waals surface area (Å²) in [4.78, 5) is 17.0. The van der Waals surface area contributed by atoms with E-state index in [-0.39, 0.29) is 17.0 Å². The molecule has 0 spiro atoms. The van der Waals surface area contributed by atoms with Crippen molar-refractivity contribution in [3.63, 3.8) is 0 Å².